The Hall–Kier alpha value is -0.960. The predicted octanol–water partition coefficient (Wildman–Crippen LogP) is 3.29. The zero-order valence-electron chi connectivity index (χ0n) is 8.04. The van der Waals surface area contributed by atoms with E-state index in [0.717, 1.165) is 21.3 Å². The second-order valence-corrected chi connectivity index (χ2v) is 4.37. The molecular weight excluding hydrogens is 242 g/mol. The Morgan fingerprint density at radius 2 is 2.14 bits per heavy atom. The zero-order valence-corrected chi connectivity index (χ0v) is 9.63. The van der Waals surface area contributed by atoms with Crippen molar-refractivity contribution >= 4 is 33.6 Å². The maximum Gasteiger partial charge on any atom is 0.173 e. The lowest BCUT2D eigenvalue weighted by Gasteiger charge is -2.16. The Balaban J connectivity index is 2.73. The molecule has 14 heavy (non-hydrogen) atoms. The van der Waals surface area contributed by atoms with E-state index in [1.807, 2.05) is 26.0 Å². The van der Waals surface area contributed by atoms with Crippen molar-refractivity contribution in [1.82, 2.24) is 0 Å². The van der Waals surface area contributed by atoms with Gasteiger partial charge in [-0.25, -0.2) is 0 Å². The fourth-order valence-electron chi connectivity index (χ4n) is 1.59. The van der Waals surface area contributed by atoms with E-state index in [2.05, 4.69) is 20.9 Å². The SMILES string of the molecule is Cc1ccc(Br)c2c1C(=O)C(C)C=N2. The molecule has 72 valence electrons. The Morgan fingerprint density at radius 1 is 1.43 bits per heavy atom. The van der Waals surface area contributed by atoms with Crippen molar-refractivity contribution < 1.29 is 4.79 Å². The number of fused-ring (bicyclic) bond motifs is 1. The van der Waals surface area contributed by atoms with Crippen molar-refractivity contribution in [2.75, 3.05) is 0 Å². The van der Waals surface area contributed by atoms with Gasteiger partial charge in [0.2, 0.25) is 0 Å². The van der Waals surface area contributed by atoms with Crippen LogP contribution in [-0.2, 0) is 0 Å². The van der Waals surface area contributed by atoms with E-state index in [-0.39, 0.29) is 11.7 Å². The van der Waals surface area contributed by atoms with Crippen LogP contribution in [0.15, 0.2) is 21.6 Å². The highest BCUT2D eigenvalue weighted by molar-refractivity contribution is 9.10. The molecular formula is C11H10BrNO. The summed E-state index contributed by atoms with van der Waals surface area (Å²) in [7, 11) is 0. The number of ketones is 1. The normalized spacial score (nSPS) is 19.6. The summed E-state index contributed by atoms with van der Waals surface area (Å²) >= 11 is 3.40. The molecule has 1 atom stereocenters. The quantitative estimate of drug-likeness (QED) is 0.696. The van der Waals surface area contributed by atoms with Crippen LogP contribution in [0.4, 0.5) is 5.69 Å². The van der Waals surface area contributed by atoms with Gasteiger partial charge in [-0.15, -0.1) is 0 Å². The van der Waals surface area contributed by atoms with E-state index >= 15 is 0 Å². The fraction of sp³-hybridized carbons (Fsp3) is 0.273. The third-order valence-electron chi connectivity index (χ3n) is 2.42. The number of hydrogen-bond acceptors (Lipinski definition) is 2. The standard InChI is InChI=1S/C11H10BrNO/c1-6-3-4-8(12)10-9(6)11(14)7(2)5-13-10/h3-5,7H,1-2H3. The number of benzene rings is 1. The van der Waals surface area contributed by atoms with Crippen LogP contribution in [0.5, 0.6) is 0 Å². The Morgan fingerprint density at radius 3 is 2.86 bits per heavy atom. The molecule has 1 aromatic carbocycles. The second-order valence-electron chi connectivity index (χ2n) is 3.52. The molecule has 0 amide bonds. The van der Waals surface area contributed by atoms with Crippen molar-refractivity contribution in [1.29, 1.82) is 0 Å². The largest absolute Gasteiger partial charge is 0.293 e. The van der Waals surface area contributed by atoms with E-state index in [0.29, 0.717) is 0 Å². The van der Waals surface area contributed by atoms with Gasteiger partial charge in [0.05, 0.1) is 11.6 Å². The molecule has 0 N–H and O–H groups in total. The molecule has 1 aromatic rings. The summed E-state index contributed by atoms with van der Waals surface area (Å²) in [5, 5.41) is 0. The highest BCUT2D eigenvalue weighted by Gasteiger charge is 2.24. The first kappa shape index (κ1) is 9.59. The monoisotopic (exact) mass is 251 g/mol. The summed E-state index contributed by atoms with van der Waals surface area (Å²) in [5.41, 5.74) is 2.53. The summed E-state index contributed by atoms with van der Waals surface area (Å²) in [5.74, 6) is 0.0595. The lowest BCUT2D eigenvalue weighted by atomic mass is 9.93. The Bertz CT molecular complexity index is 437. The minimum absolute atomic E-state index is 0.101. The average molecular weight is 252 g/mol. The van der Waals surface area contributed by atoms with Gasteiger partial charge in [0.15, 0.2) is 5.78 Å². The van der Waals surface area contributed by atoms with Crippen LogP contribution < -0.4 is 0 Å². The lowest BCUT2D eigenvalue weighted by molar-refractivity contribution is 0.0961. The first-order chi connectivity index (χ1) is 6.61. The molecule has 0 spiro atoms. The topological polar surface area (TPSA) is 29.4 Å². The number of aliphatic imine (C=N–C) groups is 1. The lowest BCUT2D eigenvalue weighted by Crippen LogP contribution is -2.17. The fourth-order valence-corrected chi connectivity index (χ4v) is 2.02. The van der Waals surface area contributed by atoms with Gasteiger partial charge in [-0.1, -0.05) is 13.0 Å². The van der Waals surface area contributed by atoms with E-state index in [4.69, 9.17) is 0 Å². The summed E-state index contributed by atoms with van der Waals surface area (Å²) in [6.07, 6.45) is 1.70. The highest BCUT2D eigenvalue weighted by Crippen LogP contribution is 2.35. The third-order valence-corrected chi connectivity index (χ3v) is 3.06. The molecule has 3 heteroatoms. The van der Waals surface area contributed by atoms with Crippen molar-refractivity contribution in [3.05, 3.63) is 27.7 Å². The van der Waals surface area contributed by atoms with E-state index < -0.39 is 0 Å². The van der Waals surface area contributed by atoms with Gasteiger partial charge in [0.25, 0.3) is 0 Å². The molecule has 2 nitrogen and oxygen atoms in total. The molecule has 0 saturated heterocycles. The van der Waals surface area contributed by atoms with Gasteiger partial charge in [-0.2, -0.15) is 0 Å². The summed E-state index contributed by atoms with van der Waals surface area (Å²) in [6, 6.07) is 3.86. The van der Waals surface area contributed by atoms with Crippen LogP contribution in [0.25, 0.3) is 0 Å². The molecule has 1 unspecified atom stereocenters. The average Bonchev–Trinajstić information content (AvgIpc) is 2.16. The van der Waals surface area contributed by atoms with Gasteiger partial charge in [0, 0.05) is 16.3 Å². The smallest absolute Gasteiger partial charge is 0.173 e. The van der Waals surface area contributed by atoms with Gasteiger partial charge in [-0.3, -0.25) is 9.79 Å². The summed E-state index contributed by atoms with van der Waals surface area (Å²) < 4.78 is 0.884. The van der Waals surface area contributed by atoms with Crippen molar-refractivity contribution in [2.45, 2.75) is 13.8 Å². The van der Waals surface area contributed by atoms with E-state index in [1.165, 1.54) is 0 Å². The van der Waals surface area contributed by atoms with Crippen molar-refractivity contribution in [2.24, 2.45) is 10.9 Å². The van der Waals surface area contributed by atoms with E-state index in [1.54, 1.807) is 6.21 Å². The highest BCUT2D eigenvalue weighted by atomic mass is 79.9. The van der Waals surface area contributed by atoms with Crippen LogP contribution >= 0.6 is 15.9 Å². The molecule has 0 saturated carbocycles. The number of Topliss-reactive ketones (excluding diaryl/α,β-unsaturated/α-hetero) is 1. The number of carbonyl (C=O) groups is 1. The van der Waals surface area contributed by atoms with Gasteiger partial charge in [-0.05, 0) is 34.5 Å². The molecule has 2 rings (SSSR count). The summed E-state index contributed by atoms with van der Waals surface area (Å²) in [6.45, 7) is 3.81. The van der Waals surface area contributed by atoms with Crippen molar-refractivity contribution in [3.8, 4) is 0 Å². The number of carbonyl (C=O) groups excluding carboxylic acids is 1. The Labute approximate surface area is 91.2 Å². The maximum atomic E-state index is 11.9. The van der Waals surface area contributed by atoms with Gasteiger partial charge in [0.1, 0.15) is 0 Å². The number of nitrogens with zero attached hydrogens (tertiary/aromatic N) is 1. The number of halogens is 1. The summed E-state index contributed by atoms with van der Waals surface area (Å²) in [4.78, 5) is 16.2. The molecule has 0 bridgehead atoms. The van der Waals surface area contributed by atoms with Crippen molar-refractivity contribution in [3.63, 3.8) is 0 Å². The number of rotatable bonds is 0. The zero-order chi connectivity index (χ0) is 10.3. The van der Waals surface area contributed by atoms with Crippen LogP contribution in [0.1, 0.15) is 22.8 Å². The molecule has 0 radical (unpaired) electrons. The maximum absolute atomic E-state index is 11.9. The number of aryl methyl sites for hydroxylation is 1. The van der Waals surface area contributed by atoms with Crippen LogP contribution in [0, 0.1) is 12.8 Å². The predicted molar refractivity (Wildman–Crippen MR) is 60.5 cm³/mol. The molecule has 1 aliphatic rings. The Kier molecular flexibility index (Phi) is 2.27. The van der Waals surface area contributed by atoms with Gasteiger partial charge >= 0.3 is 0 Å². The van der Waals surface area contributed by atoms with E-state index in [9.17, 15) is 4.79 Å². The second kappa shape index (κ2) is 3.31. The minimum atomic E-state index is -0.101. The molecule has 1 heterocycles. The molecule has 0 aromatic heterocycles. The minimum Gasteiger partial charge on any atom is -0.293 e. The van der Waals surface area contributed by atoms with Gasteiger partial charge < -0.3 is 0 Å². The molecule has 0 fully saturated rings. The molecule has 0 aliphatic carbocycles. The first-order valence-electron chi connectivity index (χ1n) is 4.48. The third kappa shape index (κ3) is 1.32. The van der Waals surface area contributed by atoms with Crippen LogP contribution in [-0.4, -0.2) is 12.0 Å². The van der Waals surface area contributed by atoms with Crippen LogP contribution in [0.3, 0.4) is 0 Å². The molecule has 1 aliphatic heterocycles. The van der Waals surface area contributed by atoms with Crippen LogP contribution in [0.2, 0.25) is 0 Å². The number of hydrogen-bond donors (Lipinski definition) is 0. The first-order valence-corrected chi connectivity index (χ1v) is 5.28.